The van der Waals surface area contributed by atoms with Crippen LogP contribution in [0.4, 0.5) is 5.82 Å². The standard InChI is InChI=1S/C36H37ClN6O11/c1-7-35(54-21(5)45)25(53-31(27(35)52-20(4)44)43-19-40-26-28(38)41-34(37)42-29(26)43)18-51-36(32(46)49-8-2,33(47)50-9-3)17-22-12-14-23(15-13-22)24-11-10-16-39-30(24)48-6/h1,10-16,19,25,27,31H,8-9,17-18H2,2-6H3,(H2,38,41,42)/t25-,27+,31-,35-/m1/s1. The van der Waals surface area contributed by atoms with Crippen LogP contribution in [-0.4, -0.2) is 98.7 Å². The maximum atomic E-state index is 13.9. The molecular formula is C36H37ClN6O11. The van der Waals surface area contributed by atoms with Gasteiger partial charge in [-0.05, 0) is 48.7 Å². The van der Waals surface area contributed by atoms with Gasteiger partial charge in [-0.25, -0.2) is 19.6 Å². The molecule has 0 bridgehead atoms. The normalized spacial score (nSPS) is 19.5. The number of hydrogen-bond acceptors (Lipinski definition) is 16. The van der Waals surface area contributed by atoms with E-state index in [1.807, 2.05) is 6.07 Å². The van der Waals surface area contributed by atoms with E-state index in [4.69, 9.17) is 56.9 Å². The number of anilines is 1. The number of hydrogen-bond donors (Lipinski definition) is 1. The van der Waals surface area contributed by atoms with E-state index in [2.05, 4.69) is 25.9 Å². The van der Waals surface area contributed by atoms with Gasteiger partial charge in [0.2, 0.25) is 22.9 Å². The number of nitrogen functional groups attached to an aromatic ring is 1. The van der Waals surface area contributed by atoms with Gasteiger partial charge in [0.15, 0.2) is 17.7 Å². The van der Waals surface area contributed by atoms with Crippen LogP contribution in [0.25, 0.3) is 22.3 Å². The highest BCUT2D eigenvalue weighted by Crippen LogP contribution is 2.44. The minimum absolute atomic E-state index is 0.0599. The third-order valence-electron chi connectivity index (χ3n) is 8.36. The molecule has 4 aromatic rings. The van der Waals surface area contributed by atoms with E-state index in [9.17, 15) is 19.2 Å². The van der Waals surface area contributed by atoms with Crippen molar-refractivity contribution in [3.63, 3.8) is 0 Å². The van der Waals surface area contributed by atoms with Crippen LogP contribution >= 0.6 is 11.6 Å². The zero-order chi connectivity index (χ0) is 39.2. The van der Waals surface area contributed by atoms with Crippen molar-refractivity contribution < 1.29 is 52.3 Å². The monoisotopic (exact) mass is 764 g/mol. The van der Waals surface area contributed by atoms with Gasteiger partial charge in [0.1, 0.15) is 11.6 Å². The minimum atomic E-state index is -2.44. The first-order valence-electron chi connectivity index (χ1n) is 16.6. The Morgan fingerprint density at radius 2 is 1.72 bits per heavy atom. The number of pyridine rings is 1. The number of esters is 4. The Kier molecular flexibility index (Phi) is 12.0. The van der Waals surface area contributed by atoms with Gasteiger partial charge in [0.05, 0.1) is 33.3 Å². The Balaban J connectivity index is 1.58. The molecule has 0 aliphatic carbocycles. The number of imidazole rings is 1. The van der Waals surface area contributed by atoms with Crippen LogP contribution in [0.15, 0.2) is 48.9 Å². The number of halogens is 1. The van der Waals surface area contributed by atoms with Crippen LogP contribution in [0, 0.1) is 12.3 Å². The average molecular weight is 765 g/mol. The van der Waals surface area contributed by atoms with Crippen LogP contribution in [-0.2, 0) is 54.0 Å². The molecular weight excluding hydrogens is 728 g/mol. The topological polar surface area (TPSA) is 215 Å². The van der Waals surface area contributed by atoms with Crippen molar-refractivity contribution in [3.05, 3.63) is 59.8 Å². The van der Waals surface area contributed by atoms with E-state index >= 15 is 0 Å². The van der Waals surface area contributed by atoms with Crippen LogP contribution in [0.2, 0.25) is 5.28 Å². The second kappa shape index (κ2) is 16.5. The van der Waals surface area contributed by atoms with Gasteiger partial charge in [0, 0.05) is 32.0 Å². The molecule has 4 atom stereocenters. The molecule has 1 saturated heterocycles. The predicted molar refractivity (Wildman–Crippen MR) is 189 cm³/mol. The number of terminal acetylenes is 1. The van der Waals surface area contributed by atoms with Gasteiger partial charge >= 0.3 is 23.9 Å². The molecule has 54 heavy (non-hydrogen) atoms. The minimum Gasteiger partial charge on any atom is -0.481 e. The molecule has 0 spiro atoms. The summed E-state index contributed by atoms with van der Waals surface area (Å²) in [6, 6.07) is 10.5. The van der Waals surface area contributed by atoms with Crippen molar-refractivity contribution >= 4 is 52.5 Å². The van der Waals surface area contributed by atoms with E-state index < -0.39 is 60.1 Å². The first kappa shape index (κ1) is 39.4. The number of methoxy groups -OCH3 is 1. The number of carbonyl (C=O) groups excluding carboxylic acids is 4. The molecule has 1 aliphatic rings. The molecule has 1 aromatic carbocycles. The van der Waals surface area contributed by atoms with Crippen molar-refractivity contribution in [2.75, 3.05) is 32.7 Å². The SMILES string of the molecule is C#C[C@@]1(OC(C)=O)[C@@H](COC(Cc2ccc(-c3cccnc3OC)cc2)(C(=O)OCC)C(=O)OCC)O[C@@H](n2cnc3c(N)nc(Cl)nc32)[C@@H]1OC(C)=O. The summed E-state index contributed by atoms with van der Waals surface area (Å²) in [7, 11) is 1.50. The first-order chi connectivity index (χ1) is 25.8. The van der Waals surface area contributed by atoms with Crippen LogP contribution in [0.3, 0.4) is 0 Å². The van der Waals surface area contributed by atoms with Crippen molar-refractivity contribution in [3.8, 4) is 29.4 Å². The van der Waals surface area contributed by atoms with Gasteiger partial charge in [-0.3, -0.25) is 14.2 Å². The highest BCUT2D eigenvalue weighted by molar-refractivity contribution is 6.28. The summed E-state index contributed by atoms with van der Waals surface area (Å²) in [5, 5.41) is -0.229. The summed E-state index contributed by atoms with van der Waals surface area (Å²) in [4.78, 5) is 69.5. The summed E-state index contributed by atoms with van der Waals surface area (Å²) < 4.78 is 41.5. The number of nitrogens with zero attached hydrogens (tertiary/aromatic N) is 5. The Labute approximate surface area is 314 Å². The van der Waals surface area contributed by atoms with E-state index in [0.29, 0.717) is 17.0 Å². The molecule has 5 rings (SSSR count). The smallest absolute Gasteiger partial charge is 0.350 e. The molecule has 17 nitrogen and oxygen atoms in total. The lowest BCUT2D eigenvalue weighted by Crippen LogP contribution is -2.57. The fraction of sp³-hybridized carbons (Fsp3) is 0.389. The third-order valence-corrected chi connectivity index (χ3v) is 8.53. The molecule has 3 aromatic heterocycles. The van der Waals surface area contributed by atoms with Gasteiger partial charge in [-0.1, -0.05) is 30.2 Å². The van der Waals surface area contributed by atoms with Crippen LogP contribution < -0.4 is 10.5 Å². The Morgan fingerprint density at radius 1 is 1.04 bits per heavy atom. The lowest BCUT2D eigenvalue weighted by molar-refractivity contribution is -0.200. The molecule has 1 fully saturated rings. The molecule has 0 radical (unpaired) electrons. The quantitative estimate of drug-likeness (QED) is 0.0642. The second-order valence-corrected chi connectivity index (χ2v) is 12.1. The van der Waals surface area contributed by atoms with E-state index in [1.54, 1.807) is 50.4 Å². The Hall–Kier alpha value is -5.83. The molecule has 18 heteroatoms. The third kappa shape index (κ3) is 7.62. The average Bonchev–Trinajstić information content (AvgIpc) is 3.68. The number of nitrogens with two attached hydrogens (primary N) is 1. The number of fused-ring (bicyclic) bond motifs is 1. The molecule has 284 valence electrons. The molecule has 4 heterocycles. The van der Waals surface area contributed by atoms with E-state index in [1.165, 1.54) is 18.0 Å². The summed E-state index contributed by atoms with van der Waals surface area (Å²) in [6.45, 7) is 4.35. The lowest BCUT2D eigenvalue weighted by Gasteiger charge is -2.35. The van der Waals surface area contributed by atoms with Crippen molar-refractivity contribution in [1.29, 1.82) is 0 Å². The van der Waals surface area contributed by atoms with Gasteiger partial charge < -0.3 is 38.9 Å². The summed E-state index contributed by atoms with van der Waals surface area (Å²) in [5.41, 5.74) is 3.47. The van der Waals surface area contributed by atoms with Crippen molar-refractivity contribution in [2.45, 2.75) is 63.8 Å². The van der Waals surface area contributed by atoms with Gasteiger partial charge in [0.25, 0.3) is 5.60 Å². The van der Waals surface area contributed by atoms with Crippen LogP contribution in [0.1, 0.15) is 39.5 Å². The summed E-state index contributed by atoms with van der Waals surface area (Å²) >= 11 is 6.10. The van der Waals surface area contributed by atoms with E-state index in [-0.39, 0.29) is 41.9 Å². The van der Waals surface area contributed by atoms with Crippen molar-refractivity contribution in [2.24, 2.45) is 0 Å². The van der Waals surface area contributed by atoms with Gasteiger partial charge in [-0.15, -0.1) is 6.42 Å². The van der Waals surface area contributed by atoms with Gasteiger partial charge in [-0.2, -0.15) is 9.97 Å². The summed E-state index contributed by atoms with van der Waals surface area (Å²) in [6.07, 6.45) is 4.06. The lowest BCUT2D eigenvalue weighted by atomic mass is 9.90. The number of rotatable bonds is 14. The zero-order valence-electron chi connectivity index (χ0n) is 29.9. The molecule has 0 unspecified atom stereocenters. The second-order valence-electron chi connectivity index (χ2n) is 11.8. The molecule has 2 N–H and O–H groups in total. The number of carbonyl (C=O) groups is 4. The maximum absolute atomic E-state index is 13.9. The number of aromatic nitrogens is 5. The van der Waals surface area contributed by atoms with E-state index in [0.717, 1.165) is 19.4 Å². The zero-order valence-corrected chi connectivity index (χ0v) is 30.7. The Bertz CT molecular complexity index is 2070. The first-order valence-corrected chi connectivity index (χ1v) is 16.9. The highest BCUT2D eigenvalue weighted by Gasteiger charge is 2.63. The fourth-order valence-corrected chi connectivity index (χ4v) is 6.24. The summed E-state index contributed by atoms with van der Waals surface area (Å²) in [5.74, 6) is -1.10. The number of ether oxygens (including phenoxy) is 7. The molecule has 0 saturated carbocycles. The Morgan fingerprint density at radius 3 is 2.31 bits per heavy atom. The largest absolute Gasteiger partial charge is 0.481 e. The van der Waals surface area contributed by atoms with Crippen LogP contribution in [0.5, 0.6) is 5.88 Å². The number of benzene rings is 1. The highest BCUT2D eigenvalue weighted by atomic mass is 35.5. The predicted octanol–water partition coefficient (Wildman–Crippen LogP) is 3.02. The molecule has 1 aliphatic heterocycles. The van der Waals surface area contributed by atoms with Crippen molar-refractivity contribution in [1.82, 2.24) is 24.5 Å². The maximum Gasteiger partial charge on any atom is 0.350 e. The fourth-order valence-electron chi connectivity index (χ4n) is 6.07. The molecule has 0 amide bonds.